The lowest BCUT2D eigenvalue weighted by Crippen LogP contribution is -2.38. The van der Waals surface area contributed by atoms with E-state index < -0.39 is 15.6 Å². The number of carbonyl (C=O) groups is 1. The van der Waals surface area contributed by atoms with E-state index in [0.717, 1.165) is 41.5 Å². The third kappa shape index (κ3) is 4.21. The highest BCUT2D eigenvalue weighted by atomic mass is 32.2. The van der Waals surface area contributed by atoms with Gasteiger partial charge in [0.15, 0.2) is 6.61 Å². The van der Waals surface area contributed by atoms with Crippen LogP contribution in [0.3, 0.4) is 0 Å². The molecule has 9 heteroatoms. The molecule has 0 unspecified atom stereocenters. The summed E-state index contributed by atoms with van der Waals surface area (Å²) in [7, 11) is -3.51. The monoisotopic (exact) mass is 482 g/mol. The predicted molar refractivity (Wildman–Crippen MR) is 128 cm³/mol. The molecule has 3 aromatic rings. The summed E-state index contributed by atoms with van der Waals surface area (Å²) in [5, 5.41) is 0.808. The zero-order chi connectivity index (χ0) is 23.9. The summed E-state index contributed by atoms with van der Waals surface area (Å²) in [5.41, 5.74) is 2.35. The fourth-order valence-corrected chi connectivity index (χ4v) is 6.26. The predicted octanol–water partition coefficient (Wildman–Crippen LogP) is 3.24. The van der Waals surface area contributed by atoms with Crippen molar-refractivity contribution in [2.24, 2.45) is 0 Å². The topological polar surface area (TPSA) is 97.1 Å². The third-order valence-electron chi connectivity index (χ3n) is 6.46. The lowest BCUT2D eigenvalue weighted by molar-refractivity contribution is -0.120. The zero-order valence-corrected chi connectivity index (χ0v) is 19.8. The molecule has 34 heavy (non-hydrogen) atoms. The molecule has 1 aromatic heterocycles. The van der Waals surface area contributed by atoms with Gasteiger partial charge < -0.3 is 14.1 Å². The van der Waals surface area contributed by atoms with E-state index in [4.69, 9.17) is 9.15 Å². The quantitative estimate of drug-likeness (QED) is 0.518. The molecule has 1 saturated heterocycles. The minimum Gasteiger partial charge on any atom is -0.484 e. The number of sulfonamides is 1. The molecule has 2 aliphatic heterocycles. The van der Waals surface area contributed by atoms with Crippen LogP contribution in [-0.4, -0.2) is 44.9 Å². The Labute approximate surface area is 197 Å². The molecule has 0 spiro atoms. The van der Waals surface area contributed by atoms with Crippen molar-refractivity contribution in [1.29, 1.82) is 0 Å². The Hall–Kier alpha value is -3.17. The van der Waals surface area contributed by atoms with Gasteiger partial charge in [0, 0.05) is 42.8 Å². The number of amides is 1. The SMILES string of the molecule is Cc1cc(=O)oc2cc(OCC(=O)N3CCCc4cc(S(=O)(=O)N5CCCC5)ccc43)ccc12. The molecule has 0 atom stereocenters. The molecule has 5 rings (SSSR count). The largest absolute Gasteiger partial charge is 0.484 e. The number of hydrogen-bond donors (Lipinski definition) is 0. The first kappa shape index (κ1) is 22.6. The van der Waals surface area contributed by atoms with Crippen LogP contribution >= 0.6 is 0 Å². The van der Waals surface area contributed by atoms with Crippen LogP contribution in [0, 0.1) is 6.92 Å². The molecule has 8 nitrogen and oxygen atoms in total. The van der Waals surface area contributed by atoms with E-state index in [9.17, 15) is 18.0 Å². The number of carbonyl (C=O) groups excluding carboxylic acids is 1. The van der Waals surface area contributed by atoms with Gasteiger partial charge in [0.25, 0.3) is 5.91 Å². The van der Waals surface area contributed by atoms with E-state index >= 15 is 0 Å². The van der Waals surface area contributed by atoms with Gasteiger partial charge >= 0.3 is 5.63 Å². The molecule has 1 amide bonds. The molecule has 0 bridgehead atoms. The smallest absolute Gasteiger partial charge is 0.336 e. The average molecular weight is 483 g/mol. The maximum atomic E-state index is 13.0. The Kier molecular flexibility index (Phi) is 5.91. The Morgan fingerprint density at radius 3 is 2.62 bits per heavy atom. The van der Waals surface area contributed by atoms with Crippen LogP contribution < -0.4 is 15.3 Å². The van der Waals surface area contributed by atoms with Crippen molar-refractivity contribution in [3.63, 3.8) is 0 Å². The van der Waals surface area contributed by atoms with Gasteiger partial charge in [-0.25, -0.2) is 13.2 Å². The van der Waals surface area contributed by atoms with Gasteiger partial charge in [0.05, 0.1) is 4.90 Å². The van der Waals surface area contributed by atoms with Gasteiger partial charge in [-0.2, -0.15) is 4.31 Å². The molecule has 0 N–H and O–H groups in total. The molecule has 2 aromatic carbocycles. The van der Waals surface area contributed by atoms with Crippen molar-refractivity contribution in [2.75, 3.05) is 31.1 Å². The fraction of sp³-hybridized carbons (Fsp3) is 0.360. The van der Waals surface area contributed by atoms with Crippen LogP contribution in [0.15, 0.2) is 56.6 Å². The van der Waals surface area contributed by atoms with Crippen molar-refractivity contribution in [3.05, 3.63) is 64.0 Å². The van der Waals surface area contributed by atoms with Crippen LogP contribution in [0.4, 0.5) is 5.69 Å². The second-order valence-corrected chi connectivity index (χ2v) is 10.7. The first-order valence-corrected chi connectivity index (χ1v) is 12.9. The normalized spacial score (nSPS) is 16.6. The maximum Gasteiger partial charge on any atom is 0.336 e. The first-order valence-electron chi connectivity index (χ1n) is 11.4. The first-order chi connectivity index (χ1) is 16.3. The maximum absolute atomic E-state index is 13.0. The number of rotatable bonds is 5. The van der Waals surface area contributed by atoms with Crippen molar-refractivity contribution < 1.29 is 22.4 Å². The molecular formula is C25H26N2O6S. The molecule has 1 fully saturated rings. The molecule has 3 heterocycles. The second kappa shape index (κ2) is 8.88. The van der Waals surface area contributed by atoms with Gasteiger partial charge in [-0.15, -0.1) is 0 Å². The van der Waals surface area contributed by atoms with Crippen molar-refractivity contribution in [3.8, 4) is 5.75 Å². The highest BCUT2D eigenvalue weighted by Gasteiger charge is 2.29. The van der Waals surface area contributed by atoms with E-state index in [1.807, 2.05) is 6.92 Å². The number of anilines is 1. The fourth-order valence-electron chi connectivity index (χ4n) is 4.69. The summed E-state index contributed by atoms with van der Waals surface area (Å²) >= 11 is 0. The van der Waals surface area contributed by atoms with E-state index in [1.165, 1.54) is 10.4 Å². The van der Waals surface area contributed by atoms with Gasteiger partial charge in [-0.1, -0.05) is 0 Å². The average Bonchev–Trinajstić information content (AvgIpc) is 3.37. The summed E-state index contributed by atoms with van der Waals surface area (Å²) in [6.07, 6.45) is 3.23. The molecule has 0 radical (unpaired) electrons. The van der Waals surface area contributed by atoms with E-state index in [-0.39, 0.29) is 17.4 Å². The highest BCUT2D eigenvalue weighted by molar-refractivity contribution is 7.89. The number of nitrogens with zero attached hydrogens (tertiary/aromatic N) is 2. The number of aryl methyl sites for hydroxylation is 2. The number of fused-ring (bicyclic) bond motifs is 2. The third-order valence-corrected chi connectivity index (χ3v) is 8.35. The van der Waals surface area contributed by atoms with Crippen molar-refractivity contribution >= 4 is 32.6 Å². The highest BCUT2D eigenvalue weighted by Crippen LogP contribution is 2.31. The van der Waals surface area contributed by atoms with Crippen LogP contribution in [0.5, 0.6) is 5.75 Å². The van der Waals surface area contributed by atoms with Gasteiger partial charge in [0.2, 0.25) is 10.0 Å². The zero-order valence-electron chi connectivity index (χ0n) is 19.0. The summed E-state index contributed by atoms with van der Waals surface area (Å²) in [4.78, 5) is 26.6. The number of ether oxygens (including phenoxy) is 1. The van der Waals surface area contributed by atoms with Gasteiger partial charge in [-0.05, 0) is 74.1 Å². The molecule has 178 valence electrons. The summed E-state index contributed by atoms with van der Waals surface area (Å²) in [6, 6.07) is 11.6. The Morgan fingerprint density at radius 2 is 1.82 bits per heavy atom. The van der Waals surface area contributed by atoms with Crippen molar-refractivity contribution in [1.82, 2.24) is 4.31 Å². The van der Waals surface area contributed by atoms with Crippen molar-refractivity contribution in [2.45, 2.75) is 37.5 Å². The summed E-state index contributed by atoms with van der Waals surface area (Å²) in [5.74, 6) is 0.209. The Morgan fingerprint density at radius 1 is 1.03 bits per heavy atom. The minimum atomic E-state index is -3.51. The van der Waals surface area contributed by atoms with Crippen LogP contribution in [0.1, 0.15) is 30.4 Å². The number of benzene rings is 2. The molecular weight excluding hydrogens is 456 g/mol. The van der Waals surface area contributed by atoms with Gasteiger partial charge in [0.1, 0.15) is 11.3 Å². The molecule has 0 saturated carbocycles. The lowest BCUT2D eigenvalue weighted by Gasteiger charge is -2.30. The van der Waals surface area contributed by atoms with Gasteiger partial charge in [-0.3, -0.25) is 4.79 Å². The summed E-state index contributed by atoms with van der Waals surface area (Å²) < 4.78 is 38.3. The standard InChI is InChI=1S/C25H26N2O6S/c1-17-13-25(29)33-23-15-19(6-8-21(17)23)32-16-24(28)27-12-4-5-18-14-20(7-9-22(18)27)34(30,31)26-10-2-3-11-26/h6-9,13-15H,2-5,10-12,16H2,1H3. The van der Waals surface area contributed by atoms with E-state index in [1.54, 1.807) is 41.3 Å². The lowest BCUT2D eigenvalue weighted by atomic mass is 10.0. The minimum absolute atomic E-state index is 0.186. The second-order valence-electron chi connectivity index (χ2n) is 8.75. The van der Waals surface area contributed by atoms with Crippen LogP contribution in [0.25, 0.3) is 11.0 Å². The van der Waals surface area contributed by atoms with Crippen LogP contribution in [-0.2, 0) is 21.2 Å². The summed E-state index contributed by atoms with van der Waals surface area (Å²) in [6.45, 7) is 3.30. The van der Waals surface area contributed by atoms with E-state index in [2.05, 4.69) is 0 Å². The van der Waals surface area contributed by atoms with Crippen LogP contribution in [0.2, 0.25) is 0 Å². The molecule has 0 aliphatic carbocycles. The Bertz CT molecular complexity index is 1420. The van der Waals surface area contributed by atoms with E-state index in [0.29, 0.717) is 37.4 Å². The number of hydrogen-bond acceptors (Lipinski definition) is 6. The molecule has 2 aliphatic rings. The Balaban J connectivity index is 1.33.